The Labute approximate surface area is 476 Å². The van der Waals surface area contributed by atoms with Crippen molar-refractivity contribution in [2.45, 2.75) is 39.3 Å². The number of allylic oxidation sites excluding steroid dienone is 1. The molecule has 8 aromatic carbocycles. The third kappa shape index (κ3) is 14.5. The minimum Gasteiger partial charge on any atom is -0.496 e. The van der Waals surface area contributed by atoms with Gasteiger partial charge in [-0.1, -0.05) is 140 Å². The Morgan fingerprint density at radius 2 is 0.769 bits per heavy atom. The van der Waals surface area contributed by atoms with Gasteiger partial charge in [-0.25, -0.2) is 0 Å². The fourth-order valence-electron chi connectivity index (χ4n) is 8.40. The SMILES string of the molecule is C=CCc1c(OCc2ccccc2)cc(OC)c2c(=O)c3cccc(OCc4ccccc4)c3oc12.COc1cc(OCc2ccccc2)c(CC=O)c2oc3c(OCc4ccccc4)cccc3c(=O)c12.[Na+].[O-][I+3]([O-])([O-])[O-]. The molecule has 15 nitrogen and oxygen atoms in total. The summed E-state index contributed by atoms with van der Waals surface area (Å²) in [6, 6.07) is 53.0. The number of halogens is 1. The molecule has 0 N–H and O–H groups in total. The number of ether oxygens (including phenoxy) is 6. The largest absolute Gasteiger partial charge is 1.00 e. The molecule has 17 heteroatoms. The van der Waals surface area contributed by atoms with Crippen molar-refractivity contribution in [1.29, 1.82) is 0 Å². The van der Waals surface area contributed by atoms with Crippen LogP contribution in [-0.4, -0.2) is 20.5 Å². The molecule has 0 atom stereocenters. The van der Waals surface area contributed by atoms with Crippen molar-refractivity contribution in [2.75, 3.05) is 14.2 Å². The van der Waals surface area contributed by atoms with Crippen molar-refractivity contribution in [1.82, 2.24) is 0 Å². The van der Waals surface area contributed by atoms with E-state index in [9.17, 15) is 14.4 Å². The zero-order valence-electron chi connectivity index (χ0n) is 42.8. The summed E-state index contributed by atoms with van der Waals surface area (Å²) in [6.07, 6.45) is 2.98. The van der Waals surface area contributed by atoms with Crippen LogP contribution in [0.4, 0.5) is 0 Å². The van der Waals surface area contributed by atoms with E-state index in [2.05, 4.69) is 6.58 Å². The van der Waals surface area contributed by atoms with E-state index >= 15 is 0 Å². The Morgan fingerprint density at radius 3 is 1.08 bits per heavy atom. The molecule has 0 bridgehead atoms. The summed E-state index contributed by atoms with van der Waals surface area (Å²) < 4.78 is 82.8. The molecule has 0 saturated heterocycles. The van der Waals surface area contributed by atoms with Gasteiger partial charge in [0.1, 0.15) is 97.7 Å². The van der Waals surface area contributed by atoms with Crippen LogP contribution in [0.15, 0.2) is 201 Å². The zero-order chi connectivity index (χ0) is 54.3. The minimum atomic E-state index is -5.94. The first kappa shape index (κ1) is 58.2. The van der Waals surface area contributed by atoms with Crippen LogP contribution in [0.25, 0.3) is 43.9 Å². The smallest absolute Gasteiger partial charge is 0.496 e. The third-order valence-electron chi connectivity index (χ3n) is 11.9. The molecule has 0 spiro atoms. The van der Waals surface area contributed by atoms with E-state index in [1.165, 1.54) is 14.2 Å². The molecule has 0 aliphatic carbocycles. The number of para-hydroxylation sites is 2. The van der Waals surface area contributed by atoms with E-state index in [1.807, 2.05) is 121 Å². The standard InChI is InChI=1S/C31H26O5.C30H24O6.IO4.Na/c1-3-11-23-26(35-20-22-14-8-5-9-15-22)18-27(33-2)28-29(32)24-16-10-17-25(30(24)36-31(23)28)34-19-21-12-6-4-7-13-21;1-33-26-17-25(35-19-21-11-6-3-7-12-21)22(15-16-31)30-27(26)28(32)23-13-8-14-24(29(23)36-30)34-18-20-9-4-2-5-10-20;2-1(3,4)5;/h3-10,12-18H,1,11,19-20H2,2H3;2-14,16-17H,15,18-19H2,1H3;;/q;;-1;+1. The summed E-state index contributed by atoms with van der Waals surface area (Å²) >= 11 is -5.94. The summed E-state index contributed by atoms with van der Waals surface area (Å²) in [5, 5.41) is 1.42. The first-order valence-corrected chi connectivity index (χ1v) is 27.4. The monoisotopic (exact) mass is 1170 g/mol. The van der Waals surface area contributed by atoms with Gasteiger partial charge >= 0.3 is 29.6 Å². The van der Waals surface area contributed by atoms with E-state index in [0.717, 1.165) is 34.1 Å². The van der Waals surface area contributed by atoms with E-state index in [0.29, 0.717) is 99.2 Å². The van der Waals surface area contributed by atoms with Gasteiger partial charge in [0, 0.05) is 29.7 Å². The van der Waals surface area contributed by atoms with Crippen LogP contribution in [0.3, 0.4) is 0 Å². The van der Waals surface area contributed by atoms with Crippen LogP contribution in [0, 0.1) is 0 Å². The fourth-order valence-corrected chi connectivity index (χ4v) is 8.40. The predicted molar refractivity (Wildman–Crippen MR) is 280 cm³/mol. The predicted octanol–water partition coefficient (Wildman–Crippen LogP) is 1.95. The fraction of sp³-hybridized carbons (Fsp3) is 0.131. The molecule has 0 fully saturated rings. The molecular formula is C61H50INaO15. The van der Waals surface area contributed by atoms with Crippen LogP contribution in [-0.2, 0) is 44.1 Å². The molecule has 0 saturated carbocycles. The number of hydrogen-bond acceptors (Lipinski definition) is 15. The number of rotatable bonds is 18. The summed E-state index contributed by atoms with van der Waals surface area (Å²) in [7, 11) is 3.02. The van der Waals surface area contributed by atoms with Gasteiger partial charge in [0.05, 0.1) is 25.0 Å². The Morgan fingerprint density at radius 1 is 0.449 bits per heavy atom. The topological polar surface area (TPSA) is 225 Å². The molecule has 0 radical (unpaired) electrons. The second-order valence-corrected chi connectivity index (χ2v) is 19.1. The van der Waals surface area contributed by atoms with Gasteiger partial charge in [-0.2, -0.15) is 0 Å². The van der Waals surface area contributed by atoms with Gasteiger partial charge in [0.15, 0.2) is 22.7 Å². The van der Waals surface area contributed by atoms with E-state index < -0.39 is 20.1 Å². The molecule has 392 valence electrons. The van der Waals surface area contributed by atoms with Crippen molar-refractivity contribution >= 4 is 50.2 Å². The van der Waals surface area contributed by atoms with E-state index in [1.54, 1.807) is 54.6 Å². The van der Waals surface area contributed by atoms with Crippen molar-refractivity contribution in [3.63, 3.8) is 0 Å². The average Bonchev–Trinajstić information content (AvgIpc) is 3.53. The number of methoxy groups -OCH3 is 2. The molecule has 0 aliphatic rings. The second-order valence-electron chi connectivity index (χ2n) is 17.0. The number of benzene rings is 8. The van der Waals surface area contributed by atoms with Crippen molar-refractivity contribution in [3.8, 4) is 34.5 Å². The average molecular weight is 1170 g/mol. The van der Waals surface area contributed by atoms with Crippen LogP contribution in [0.1, 0.15) is 33.4 Å². The van der Waals surface area contributed by atoms with Gasteiger partial charge in [-0.05, 0) is 52.9 Å². The minimum absolute atomic E-state index is 0. The molecular weight excluding hydrogens is 1120 g/mol. The molecule has 0 amide bonds. The van der Waals surface area contributed by atoms with E-state index in [4.69, 9.17) is 51.0 Å². The first-order chi connectivity index (χ1) is 37.4. The van der Waals surface area contributed by atoms with Gasteiger partial charge in [0.2, 0.25) is 10.9 Å². The van der Waals surface area contributed by atoms with Gasteiger partial charge in [-0.3, -0.25) is 23.3 Å². The number of fused-ring (bicyclic) bond motifs is 4. The molecule has 2 heterocycles. The second kappa shape index (κ2) is 27.7. The van der Waals surface area contributed by atoms with Gasteiger partial charge < -0.3 is 42.1 Å². The summed E-state index contributed by atoms with van der Waals surface area (Å²) in [5.41, 5.74) is 6.09. The molecule has 0 aliphatic heterocycles. The number of aldehydes is 1. The van der Waals surface area contributed by atoms with Crippen LogP contribution < -0.4 is 103 Å². The Hall–Kier alpha value is -7.52. The quantitative estimate of drug-likeness (QED) is 0.0394. The van der Waals surface area contributed by atoms with Crippen LogP contribution in [0.2, 0.25) is 0 Å². The van der Waals surface area contributed by atoms with Crippen LogP contribution in [0.5, 0.6) is 34.5 Å². The Kier molecular flexibility index (Phi) is 20.6. The maximum absolute atomic E-state index is 13.7. The molecule has 10 rings (SSSR count). The Balaban J connectivity index is 0.000000206. The molecule has 78 heavy (non-hydrogen) atoms. The Bertz CT molecular complexity index is 3510. The number of carbonyl (C=O) groups is 1. The maximum atomic E-state index is 13.7. The summed E-state index contributed by atoms with van der Waals surface area (Å²) in [4.78, 5) is 38.9. The zero-order valence-corrected chi connectivity index (χ0v) is 46.9. The summed E-state index contributed by atoms with van der Waals surface area (Å²) in [6.45, 7) is 5.21. The van der Waals surface area contributed by atoms with Gasteiger partial charge in [-0.15, -0.1) is 6.58 Å². The first-order valence-electron chi connectivity index (χ1n) is 23.9. The van der Waals surface area contributed by atoms with Crippen molar-refractivity contribution < 1.29 is 105 Å². The molecule has 0 unspecified atom stereocenters. The molecule has 10 aromatic rings. The van der Waals surface area contributed by atoms with E-state index in [-0.39, 0.29) is 64.4 Å². The summed E-state index contributed by atoms with van der Waals surface area (Å²) in [5.74, 6) is 2.63. The van der Waals surface area contributed by atoms with Crippen LogP contribution >= 0.6 is 0 Å². The normalized spacial score (nSPS) is 10.8. The van der Waals surface area contributed by atoms with Gasteiger partial charge in [0.25, 0.3) is 0 Å². The van der Waals surface area contributed by atoms with Crippen molar-refractivity contribution in [3.05, 3.63) is 236 Å². The number of hydrogen-bond donors (Lipinski definition) is 0. The third-order valence-corrected chi connectivity index (χ3v) is 11.9. The van der Waals surface area contributed by atoms with Crippen molar-refractivity contribution in [2.24, 2.45) is 0 Å². The molecule has 2 aromatic heterocycles. The maximum Gasteiger partial charge on any atom is 1.00 e. The number of carbonyl (C=O) groups excluding carboxylic acids is 1.